The lowest BCUT2D eigenvalue weighted by Gasteiger charge is -2.26. The summed E-state index contributed by atoms with van der Waals surface area (Å²) in [6.45, 7) is 3.94. The van der Waals surface area contributed by atoms with E-state index in [-0.39, 0.29) is 11.7 Å². The van der Waals surface area contributed by atoms with Crippen LogP contribution in [0.4, 0.5) is 5.95 Å². The number of anilines is 1. The van der Waals surface area contributed by atoms with E-state index in [2.05, 4.69) is 9.88 Å². The fourth-order valence-electron chi connectivity index (χ4n) is 3.81. The van der Waals surface area contributed by atoms with Gasteiger partial charge in [0.05, 0.1) is 17.0 Å². The Balaban J connectivity index is 1.71. The van der Waals surface area contributed by atoms with Crippen LogP contribution in [0.2, 0.25) is 5.02 Å². The molecular weight excluding hydrogens is 322 g/mol. The Morgan fingerprint density at radius 2 is 1.96 bits per heavy atom. The van der Waals surface area contributed by atoms with Gasteiger partial charge in [-0.25, -0.2) is 9.97 Å². The molecular formula is C19H20ClN3O. The van der Waals surface area contributed by atoms with E-state index in [9.17, 15) is 4.79 Å². The second-order valence-corrected chi connectivity index (χ2v) is 7.14. The number of benzene rings is 1. The first-order chi connectivity index (χ1) is 11.6. The zero-order chi connectivity index (χ0) is 16.7. The highest BCUT2D eigenvalue weighted by molar-refractivity contribution is 6.30. The van der Waals surface area contributed by atoms with Crippen molar-refractivity contribution in [3.05, 3.63) is 51.8 Å². The van der Waals surface area contributed by atoms with Gasteiger partial charge in [-0.15, -0.1) is 0 Å². The smallest absolute Gasteiger partial charge is 0.225 e. The maximum absolute atomic E-state index is 12.7. The van der Waals surface area contributed by atoms with Crippen molar-refractivity contribution in [2.45, 2.75) is 38.5 Å². The predicted octanol–water partition coefficient (Wildman–Crippen LogP) is 3.95. The highest BCUT2D eigenvalue weighted by Gasteiger charge is 2.30. The Kier molecular flexibility index (Phi) is 4.01. The molecule has 0 saturated carbocycles. The number of ketones is 1. The van der Waals surface area contributed by atoms with E-state index >= 15 is 0 Å². The first-order valence-electron chi connectivity index (χ1n) is 8.53. The van der Waals surface area contributed by atoms with Gasteiger partial charge in [0.2, 0.25) is 5.95 Å². The minimum atomic E-state index is 0.143. The summed E-state index contributed by atoms with van der Waals surface area (Å²) < 4.78 is 0. The summed E-state index contributed by atoms with van der Waals surface area (Å²) in [6, 6.07) is 7.81. The first kappa shape index (κ1) is 15.6. The van der Waals surface area contributed by atoms with Gasteiger partial charge in [-0.05, 0) is 49.8 Å². The van der Waals surface area contributed by atoms with Gasteiger partial charge >= 0.3 is 0 Å². The molecule has 0 unspecified atom stereocenters. The standard InChI is InChI=1S/C19H20ClN3O/c1-12-18-16(22-19(21-12)23-7-2-3-8-23)10-14(11-17(18)24)13-5-4-6-15(20)9-13/h4-6,9,14H,2-3,7-8,10-11H2,1H3/t14-/m0/s1. The Hall–Kier alpha value is -1.94. The highest BCUT2D eigenvalue weighted by Crippen LogP contribution is 2.34. The van der Waals surface area contributed by atoms with Gasteiger partial charge in [0.15, 0.2) is 5.78 Å². The zero-order valence-electron chi connectivity index (χ0n) is 13.8. The molecule has 0 radical (unpaired) electrons. The van der Waals surface area contributed by atoms with E-state index in [1.54, 1.807) is 0 Å². The minimum Gasteiger partial charge on any atom is -0.341 e. The van der Waals surface area contributed by atoms with Gasteiger partial charge < -0.3 is 4.90 Å². The number of Topliss-reactive ketones (excluding diaryl/α,β-unsaturated/α-hetero) is 1. The average molecular weight is 342 g/mol. The molecule has 0 bridgehead atoms. The van der Waals surface area contributed by atoms with Crippen molar-refractivity contribution in [3.63, 3.8) is 0 Å². The molecule has 124 valence electrons. The van der Waals surface area contributed by atoms with Crippen LogP contribution in [-0.2, 0) is 6.42 Å². The molecule has 1 fully saturated rings. The van der Waals surface area contributed by atoms with Crippen molar-refractivity contribution in [2.24, 2.45) is 0 Å². The van der Waals surface area contributed by atoms with E-state index in [4.69, 9.17) is 16.6 Å². The number of hydrogen-bond acceptors (Lipinski definition) is 4. The molecule has 5 heteroatoms. The maximum Gasteiger partial charge on any atom is 0.225 e. The van der Waals surface area contributed by atoms with E-state index in [0.717, 1.165) is 48.0 Å². The molecule has 2 heterocycles. The number of hydrogen-bond donors (Lipinski definition) is 0. The molecule has 0 spiro atoms. The summed E-state index contributed by atoms with van der Waals surface area (Å²) >= 11 is 6.12. The molecule has 1 aliphatic carbocycles. The molecule has 24 heavy (non-hydrogen) atoms. The summed E-state index contributed by atoms with van der Waals surface area (Å²) in [6.07, 6.45) is 3.64. The lowest BCUT2D eigenvalue weighted by molar-refractivity contribution is 0.0962. The number of aromatic nitrogens is 2. The summed E-state index contributed by atoms with van der Waals surface area (Å²) in [4.78, 5) is 24.3. The molecule has 1 aliphatic heterocycles. The van der Waals surface area contributed by atoms with Crippen LogP contribution in [-0.4, -0.2) is 28.8 Å². The fourth-order valence-corrected chi connectivity index (χ4v) is 4.01. The Morgan fingerprint density at radius 1 is 1.17 bits per heavy atom. The van der Waals surface area contributed by atoms with Crippen molar-refractivity contribution in [1.29, 1.82) is 0 Å². The number of carbonyl (C=O) groups excluding carboxylic acids is 1. The Bertz CT molecular complexity index is 799. The van der Waals surface area contributed by atoms with Crippen molar-refractivity contribution in [3.8, 4) is 0 Å². The lowest BCUT2D eigenvalue weighted by atomic mass is 9.81. The van der Waals surface area contributed by atoms with Crippen LogP contribution in [0.25, 0.3) is 0 Å². The van der Waals surface area contributed by atoms with E-state index in [1.807, 2.05) is 31.2 Å². The second kappa shape index (κ2) is 6.17. The second-order valence-electron chi connectivity index (χ2n) is 6.71. The van der Waals surface area contributed by atoms with Gasteiger partial charge in [0.25, 0.3) is 0 Å². The highest BCUT2D eigenvalue weighted by atomic mass is 35.5. The third-order valence-electron chi connectivity index (χ3n) is 5.01. The number of rotatable bonds is 2. The van der Waals surface area contributed by atoms with Gasteiger partial charge in [0.1, 0.15) is 0 Å². The van der Waals surface area contributed by atoms with Crippen LogP contribution in [0, 0.1) is 6.92 Å². The number of carbonyl (C=O) groups is 1. The van der Waals surface area contributed by atoms with Crippen LogP contribution in [0.15, 0.2) is 24.3 Å². The Labute approximate surface area is 146 Å². The van der Waals surface area contributed by atoms with Crippen molar-refractivity contribution in [1.82, 2.24) is 9.97 Å². The van der Waals surface area contributed by atoms with E-state index in [1.165, 1.54) is 12.8 Å². The quantitative estimate of drug-likeness (QED) is 0.829. The largest absolute Gasteiger partial charge is 0.341 e. The number of nitrogens with zero attached hydrogens (tertiary/aromatic N) is 3. The number of halogens is 1. The van der Waals surface area contributed by atoms with Crippen LogP contribution >= 0.6 is 11.6 Å². The molecule has 1 saturated heterocycles. The molecule has 1 atom stereocenters. The molecule has 1 aromatic carbocycles. The average Bonchev–Trinajstić information content (AvgIpc) is 3.08. The fraction of sp³-hybridized carbons (Fsp3) is 0.421. The summed E-state index contributed by atoms with van der Waals surface area (Å²) in [5.41, 5.74) is 3.55. The molecule has 4 rings (SSSR count). The van der Waals surface area contributed by atoms with Gasteiger partial charge in [-0.2, -0.15) is 0 Å². The maximum atomic E-state index is 12.7. The van der Waals surface area contributed by atoms with Gasteiger partial charge in [-0.1, -0.05) is 23.7 Å². The SMILES string of the molecule is Cc1nc(N2CCCC2)nc2c1C(=O)C[C@@H](c1cccc(Cl)c1)C2. The third-order valence-corrected chi connectivity index (χ3v) is 5.25. The normalized spacial score (nSPS) is 20.3. The van der Waals surface area contributed by atoms with Crippen LogP contribution in [0.5, 0.6) is 0 Å². The molecule has 2 aromatic rings. The first-order valence-corrected chi connectivity index (χ1v) is 8.91. The zero-order valence-corrected chi connectivity index (χ0v) is 14.5. The minimum absolute atomic E-state index is 0.143. The third kappa shape index (κ3) is 2.80. The molecule has 4 nitrogen and oxygen atoms in total. The molecule has 0 N–H and O–H groups in total. The number of aryl methyl sites for hydroxylation is 1. The van der Waals surface area contributed by atoms with Crippen molar-refractivity contribution < 1.29 is 4.79 Å². The number of fused-ring (bicyclic) bond motifs is 1. The van der Waals surface area contributed by atoms with Crippen molar-refractivity contribution in [2.75, 3.05) is 18.0 Å². The molecule has 0 amide bonds. The molecule has 2 aliphatic rings. The monoisotopic (exact) mass is 341 g/mol. The summed E-state index contributed by atoms with van der Waals surface area (Å²) in [5, 5.41) is 0.711. The van der Waals surface area contributed by atoms with Gasteiger partial charge in [-0.3, -0.25) is 4.79 Å². The van der Waals surface area contributed by atoms with Crippen LogP contribution in [0.1, 0.15) is 52.5 Å². The topological polar surface area (TPSA) is 46.1 Å². The Morgan fingerprint density at radius 3 is 2.71 bits per heavy atom. The summed E-state index contributed by atoms with van der Waals surface area (Å²) in [7, 11) is 0. The lowest BCUT2D eigenvalue weighted by Crippen LogP contribution is -2.26. The predicted molar refractivity (Wildman–Crippen MR) is 95.1 cm³/mol. The van der Waals surface area contributed by atoms with E-state index in [0.29, 0.717) is 11.4 Å². The van der Waals surface area contributed by atoms with Crippen molar-refractivity contribution >= 4 is 23.3 Å². The van der Waals surface area contributed by atoms with Crippen LogP contribution < -0.4 is 4.90 Å². The summed E-state index contributed by atoms with van der Waals surface area (Å²) in [5.74, 6) is 1.07. The van der Waals surface area contributed by atoms with Crippen LogP contribution in [0.3, 0.4) is 0 Å². The van der Waals surface area contributed by atoms with E-state index < -0.39 is 0 Å². The van der Waals surface area contributed by atoms with Gasteiger partial charge in [0, 0.05) is 24.5 Å². The molecule has 1 aromatic heterocycles.